The zero-order chi connectivity index (χ0) is 20.1. The Labute approximate surface area is 162 Å². The van der Waals surface area contributed by atoms with Crippen molar-refractivity contribution >= 4 is 11.5 Å². The molecule has 1 atom stereocenters. The van der Waals surface area contributed by atoms with Crippen LogP contribution >= 0.6 is 0 Å². The second-order valence-corrected chi connectivity index (χ2v) is 6.48. The Kier molecular flexibility index (Phi) is 6.46. The molecule has 1 aromatic carbocycles. The van der Waals surface area contributed by atoms with Crippen molar-refractivity contribution in [3.63, 3.8) is 0 Å². The first-order valence-corrected chi connectivity index (χ1v) is 9.19. The minimum Gasteiger partial charge on any atom is -0.464 e. The first kappa shape index (κ1) is 20.1. The molecule has 28 heavy (non-hydrogen) atoms. The third-order valence-corrected chi connectivity index (χ3v) is 4.64. The van der Waals surface area contributed by atoms with Crippen LogP contribution in [-0.4, -0.2) is 37.2 Å². The van der Waals surface area contributed by atoms with E-state index in [-0.39, 0.29) is 17.7 Å². The van der Waals surface area contributed by atoms with Gasteiger partial charge in [0.1, 0.15) is 23.3 Å². The lowest BCUT2D eigenvalue weighted by Gasteiger charge is -2.33. The topological polar surface area (TPSA) is 51.9 Å². The molecule has 2 heterocycles. The van der Waals surface area contributed by atoms with Crippen LogP contribution in [0.4, 0.5) is 8.78 Å². The zero-order valence-corrected chi connectivity index (χ0v) is 15.9. The smallest absolute Gasteiger partial charge is 0.387 e. The second-order valence-electron chi connectivity index (χ2n) is 6.48. The lowest BCUT2D eigenvalue weighted by atomic mass is 10.1. The molecule has 1 fully saturated rings. The summed E-state index contributed by atoms with van der Waals surface area (Å²) >= 11 is 0. The Balaban J connectivity index is 1.83. The Hall–Kier alpha value is -2.67. The molecule has 0 bridgehead atoms. The molecule has 1 aliphatic rings. The highest BCUT2D eigenvalue weighted by atomic mass is 19.3. The maximum Gasteiger partial charge on any atom is 0.387 e. The normalized spacial score (nSPS) is 17.8. The number of rotatable bonds is 6. The lowest BCUT2D eigenvalue weighted by Crippen LogP contribution is -2.42. The predicted molar refractivity (Wildman–Crippen MR) is 100 cm³/mol. The van der Waals surface area contributed by atoms with Crippen molar-refractivity contribution in [1.29, 1.82) is 0 Å². The van der Waals surface area contributed by atoms with Gasteiger partial charge in [-0.2, -0.15) is 8.78 Å². The van der Waals surface area contributed by atoms with Gasteiger partial charge in [0.15, 0.2) is 0 Å². The van der Waals surface area contributed by atoms with E-state index in [9.17, 15) is 13.6 Å². The van der Waals surface area contributed by atoms with Gasteiger partial charge in [0.25, 0.3) is 0 Å². The molecular formula is C21H23F2NO4. The summed E-state index contributed by atoms with van der Waals surface area (Å²) in [7, 11) is 0. The molecule has 0 saturated carbocycles. The summed E-state index contributed by atoms with van der Waals surface area (Å²) in [5.41, 5.74) is 0.993. The van der Waals surface area contributed by atoms with Gasteiger partial charge in [-0.3, -0.25) is 4.79 Å². The van der Waals surface area contributed by atoms with E-state index < -0.39 is 6.61 Å². The van der Waals surface area contributed by atoms with Crippen molar-refractivity contribution in [3.05, 3.63) is 59.6 Å². The molecule has 1 aliphatic heterocycles. The number of nitrogens with zero attached hydrogens (tertiary/aromatic N) is 1. The van der Waals surface area contributed by atoms with Gasteiger partial charge in [-0.05, 0) is 30.7 Å². The fourth-order valence-electron chi connectivity index (χ4n) is 3.20. The van der Waals surface area contributed by atoms with Crippen molar-refractivity contribution in [3.8, 4) is 5.75 Å². The number of ether oxygens (including phenoxy) is 2. The van der Waals surface area contributed by atoms with E-state index in [1.807, 2.05) is 19.1 Å². The number of aryl methyl sites for hydroxylation is 1. The van der Waals surface area contributed by atoms with Crippen LogP contribution in [-0.2, 0) is 16.0 Å². The number of para-hydroxylation sites is 1. The standard InChI is InChI=1S/C21H23F2NO4/c1-3-15-8-9-19(27-15)17-13-26-11-10-24(17)20(25)12-14(2)16-6-4-5-7-18(16)28-21(22)23/h4-9,12,17,21H,3,10-11,13H2,1-2H3/b14-12+. The number of furan rings is 1. The number of allylic oxidation sites excluding steroid dienone is 1. The predicted octanol–water partition coefficient (Wildman–Crippen LogP) is 4.45. The SMILES string of the molecule is CCc1ccc(C2COCCN2C(=O)/C=C(\C)c2ccccc2OC(F)F)o1. The molecule has 7 heteroatoms. The highest BCUT2D eigenvalue weighted by Gasteiger charge is 2.30. The van der Waals surface area contributed by atoms with Crippen LogP contribution in [0.3, 0.4) is 0 Å². The lowest BCUT2D eigenvalue weighted by molar-refractivity contribution is -0.135. The minimum absolute atomic E-state index is 0.0381. The maximum atomic E-state index is 12.9. The van der Waals surface area contributed by atoms with E-state index in [2.05, 4.69) is 4.74 Å². The molecule has 0 spiro atoms. The number of alkyl halides is 2. The van der Waals surface area contributed by atoms with E-state index in [0.29, 0.717) is 36.7 Å². The average Bonchev–Trinajstić information content (AvgIpc) is 3.17. The molecule has 1 unspecified atom stereocenters. The number of amides is 1. The fraction of sp³-hybridized carbons (Fsp3) is 0.381. The third-order valence-electron chi connectivity index (χ3n) is 4.64. The highest BCUT2D eigenvalue weighted by molar-refractivity contribution is 5.95. The number of hydrogen-bond acceptors (Lipinski definition) is 4. The van der Waals surface area contributed by atoms with Crippen LogP contribution in [0.2, 0.25) is 0 Å². The van der Waals surface area contributed by atoms with Gasteiger partial charge in [0.2, 0.25) is 5.91 Å². The first-order valence-electron chi connectivity index (χ1n) is 9.19. The monoisotopic (exact) mass is 391 g/mol. The van der Waals surface area contributed by atoms with E-state index in [1.54, 1.807) is 30.0 Å². The number of morpholine rings is 1. The highest BCUT2D eigenvalue weighted by Crippen LogP contribution is 2.30. The molecule has 0 radical (unpaired) electrons. The minimum atomic E-state index is -2.93. The van der Waals surface area contributed by atoms with Gasteiger partial charge in [-0.15, -0.1) is 0 Å². The third kappa shape index (κ3) is 4.59. The van der Waals surface area contributed by atoms with Crippen LogP contribution in [0.1, 0.15) is 37.0 Å². The summed E-state index contributed by atoms with van der Waals surface area (Å²) in [5.74, 6) is 1.33. The Morgan fingerprint density at radius 3 is 2.82 bits per heavy atom. The number of carbonyl (C=O) groups is 1. The van der Waals surface area contributed by atoms with Crippen molar-refractivity contribution < 1.29 is 27.5 Å². The van der Waals surface area contributed by atoms with E-state index in [0.717, 1.165) is 12.2 Å². The van der Waals surface area contributed by atoms with Crippen LogP contribution < -0.4 is 4.74 Å². The fourth-order valence-corrected chi connectivity index (χ4v) is 3.20. The molecule has 3 rings (SSSR count). The maximum absolute atomic E-state index is 12.9. The van der Waals surface area contributed by atoms with E-state index >= 15 is 0 Å². The van der Waals surface area contributed by atoms with Gasteiger partial charge in [-0.25, -0.2) is 0 Å². The van der Waals surface area contributed by atoms with Gasteiger partial charge in [0.05, 0.1) is 13.2 Å². The summed E-state index contributed by atoms with van der Waals surface area (Å²) in [6.07, 6.45) is 2.21. The summed E-state index contributed by atoms with van der Waals surface area (Å²) in [6, 6.07) is 9.85. The molecule has 1 aromatic heterocycles. The van der Waals surface area contributed by atoms with Crippen molar-refractivity contribution in [1.82, 2.24) is 4.90 Å². The van der Waals surface area contributed by atoms with Crippen LogP contribution in [0.5, 0.6) is 5.75 Å². The second kappa shape index (κ2) is 9.01. The Bertz CT molecular complexity index is 846. The van der Waals surface area contributed by atoms with Gasteiger partial charge in [0, 0.05) is 24.6 Å². The number of hydrogen-bond donors (Lipinski definition) is 0. The van der Waals surface area contributed by atoms with Crippen LogP contribution in [0, 0.1) is 0 Å². The van der Waals surface area contributed by atoms with Gasteiger partial charge < -0.3 is 18.8 Å². The molecule has 5 nitrogen and oxygen atoms in total. The van der Waals surface area contributed by atoms with Crippen molar-refractivity contribution in [2.75, 3.05) is 19.8 Å². The molecular weight excluding hydrogens is 368 g/mol. The summed E-state index contributed by atoms with van der Waals surface area (Å²) in [5, 5.41) is 0. The number of benzene rings is 1. The van der Waals surface area contributed by atoms with Crippen LogP contribution in [0.25, 0.3) is 5.57 Å². The first-order chi connectivity index (χ1) is 13.5. The molecule has 1 saturated heterocycles. The molecule has 0 N–H and O–H groups in total. The number of halogens is 2. The summed E-state index contributed by atoms with van der Waals surface area (Å²) in [6.45, 7) is 1.96. The molecule has 1 amide bonds. The van der Waals surface area contributed by atoms with E-state index in [4.69, 9.17) is 9.15 Å². The number of carbonyl (C=O) groups excluding carboxylic acids is 1. The quantitative estimate of drug-likeness (QED) is 0.683. The molecule has 2 aromatic rings. The largest absolute Gasteiger partial charge is 0.464 e. The average molecular weight is 391 g/mol. The Morgan fingerprint density at radius 2 is 2.11 bits per heavy atom. The van der Waals surface area contributed by atoms with Crippen LogP contribution in [0.15, 0.2) is 46.9 Å². The van der Waals surface area contributed by atoms with Crippen molar-refractivity contribution in [2.45, 2.75) is 32.9 Å². The zero-order valence-electron chi connectivity index (χ0n) is 15.9. The van der Waals surface area contributed by atoms with Gasteiger partial charge >= 0.3 is 6.61 Å². The summed E-state index contributed by atoms with van der Waals surface area (Å²) < 4.78 is 41.2. The molecule has 150 valence electrons. The summed E-state index contributed by atoms with van der Waals surface area (Å²) in [4.78, 5) is 14.6. The van der Waals surface area contributed by atoms with E-state index in [1.165, 1.54) is 12.1 Å². The van der Waals surface area contributed by atoms with Crippen molar-refractivity contribution in [2.24, 2.45) is 0 Å². The van der Waals surface area contributed by atoms with Gasteiger partial charge in [-0.1, -0.05) is 25.1 Å². The Morgan fingerprint density at radius 1 is 1.32 bits per heavy atom. The molecule has 0 aliphatic carbocycles.